The summed E-state index contributed by atoms with van der Waals surface area (Å²) in [6, 6.07) is 5.65. The zero-order chi connectivity index (χ0) is 14.3. The fraction of sp³-hybridized carbons (Fsp3) is 0.500. The highest BCUT2D eigenvalue weighted by atomic mass is 16.5. The van der Waals surface area contributed by atoms with Crippen LogP contribution in [0.2, 0.25) is 0 Å². The Morgan fingerprint density at radius 2 is 2.00 bits per heavy atom. The van der Waals surface area contributed by atoms with Gasteiger partial charge in [-0.1, -0.05) is 6.07 Å². The van der Waals surface area contributed by atoms with E-state index in [1.54, 1.807) is 14.2 Å². The van der Waals surface area contributed by atoms with E-state index >= 15 is 0 Å². The molecule has 0 bridgehead atoms. The van der Waals surface area contributed by atoms with E-state index < -0.39 is 0 Å². The molecule has 0 aliphatic heterocycles. The van der Waals surface area contributed by atoms with Crippen LogP contribution in [0.1, 0.15) is 12.5 Å². The molecule has 0 spiro atoms. The molecule has 19 heavy (non-hydrogen) atoms. The molecule has 0 radical (unpaired) electrons. The highest BCUT2D eigenvalue weighted by Crippen LogP contribution is 2.28. The van der Waals surface area contributed by atoms with E-state index in [0.717, 1.165) is 5.56 Å². The minimum absolute atomic E-state index is 0.0120. The maximum absolute atomic E-state index is 10.9. The van der Waals surface area contributed by atoms with Gasteiger partial charge in [0.1, 0.15) is 0 Å². The van der Waals surface area contributed by atoms with Gasteiger partial charge in [-0.2, -0.15) is 0 Å². The van der Waals surface area contributed by atoms with Gasteiger partial charge in [-0.05, 0) is 24.1 Å². The average Bonchev–Trinajstić information content (AvgIpc) is 2.42. The Hall–Kier alpha value is -1.75. The average molecular weight is 267 g/mol. The molecule has 0 aromatic heterocycles. The van der Waals surface area contributed by atoms with Gasteiger partial charge in [-0.25, -0.2) is 0 Å². The standard InChI is InChI=1S/C14H21NO4/c1-10(17)15-8-12(9-16)6-11-4-5-13(18-2)14(7-11)19-3/h4-5,7,12,16H,6,8-9H2,1-3H3,(H,15,17). The summed E-state index contributed by atoms with van der Waals surface area (Å²) in [5.74, 6) is 1.23. The first-order chi connectivity index (χ1) is 9.10. The van der Waals surface area contributed by atoms with Gasteiger partial charge in [0.05, 0.1) is 14.2 Å². The lowest BCUT2D eigenvalue weighted by atomic mass is 9.99. The zero-order valence-electron chi connectivity index (χ0n) is 11.6. The number of carbonyl (C=O) groups is 1. The number of nitrogens with one attached hydrogen (secondary N) is 1. The van der Waals surface area contributed by atoms with Crippen molar-refractivity contribution in [1.29, 1.82) is 0 Å². The molecule has 106 valence electrons. The van der Waals surface area contributed by atoms with Crippen molar-refractivity contribution in [1.82, 2.24) is 5.32 Å². The fourth-order valence-corrected chi connectivity index (χ4v) is 1.83. The van der Waals surface area contributed by atoms with Gasteiger partial charge >= 0.3 is 0 Å². The van der Waals surface area contributed by atoms with Crippen molar-refractivity contribution in [2.75, 3.05) is 27.4 Å². The van der Waals surface area contributed by atoms with E-state index in [4.69, 9.17) is 9.47 Å². The van der Waals surface area contributed by atoms with Crippen molar-refractivity contribution < 1.29 is 19.4 Å². The van der Waals surface area contributed by atoms with Crippen LogP contribution in [0.25, 0.3) is 0 Å². The van der Waals surface area contributed by atoms with Crippen LogP contribution in [0, 0.1) is 5.92 Å². The monoisotopic (exact) mass is 267 g/mol. The molecule has 0 aliphatic carbocycles. The van der Waals surface area contributed by atoms with E-state index in [0.29, 0.717) is 24.5 Å². The van der Waals surface area contributed by atoms with Crippen LogP contribution in [-0.4, -0.2) is 38.4 Å². The number of hydrogen-bond acceptors (Lipinski definition) is 4. The molecule has 1 amide bonds. The third kappa shape index (κ3) is 4.79. The summed E-state index contributed by atoms with van der Waals surface area (Å²) < 4.78 is 10.4. The number of amides is 1. The highest BCUT2D eigenvalue weighted by Gasteiger charge is 2.11. The van der Waals surface area contributed by atoms with Crippen LogP contribution >= 0.6 is 0 Å². The first kappa shape index (κ1) is 15.3. The predicted octanol–water partition coefficient (Wildman–Crippen LogP) is 0.991. The molecule has 5 nitrogen and oxygen atoms in total. The Morgan fingerprint density at radius 1 is 1.32 bits per heavy atom. The van der Waals surface area contributed by atoms with Crippen molar-refractivity contribution >= 4 is 5.91 Å². The number of ether oxygens (including phenoxy) is 2. The fourth-order valence-electron chi connectivity index (χ4n) is 1.83. The summed E-state index contributed by atoms with van der Waals surface area (Å²) in [5, 5.41) is 12.0. The third-order valence-electron chi connectivity index (χ3n) is 2.87. The lowest BCUT2D eigenvalue weighted by Crippen LogP contribution is -2.30. The molecule has 1 unspecified atom stereocenters. The number of benzene rings is 1. The first-order valence-electron chi connectivity index (χ1n) is 6.16. The Bertz CT molecular complexity index is 420. The summed E-state index contributed by atoms with van der Waals surface area (Å²) in [5.41, 5.74) is 1.03. The summed E-state index contributed by atoms with van der Waals surface area (Å²) in [7, 11) is 3.17. The van der Waals surface area contributed by atoms with Gasteiger partial charge in [-0.3, -0.25) is 4.79 Å². The van der Waals surface area contributed by atoms with E-state index in [9.17, 15) is 9.90 Å². The molecular weight excluding hydrogens is 246 g/mol. The van der Waals surface area contributed by atoms with Crippen LogP contribution in [0.5, 0.6) is 11.5 Å². The second-order valence-corrected chi connectivity index (χ2v) is 4.38. The summed E-state index contributed by atoms with van der Waals surface area (Å²) in [6.07, 6.45) is 0.664. The molecular formula is C14H21NO4. The number of carbonyl (C=O) groups excluding carboxylic acids is 1. The van der Waals surface area contributed by atoms with Crippen LogP contribution in [0.3, 0.4) is 0 Å². The van der Waals surface area contributed by atoms with E-state index in [-0.39, 0.29) is 18.4 Å². The molecule has 0 aliphatic rings. The molecule has 0 fully saturated rings. The minimum Gasteiger partial charge on any atom is -0.493 e. The van der Waals surface area contributed by atoms with Crippen LogP contribution in [0.15, 0.2) is 18.2 Å². The predicted molar refractivity (Wildman–Crippen MR) is 72.5 cm³/mol. The van der Waals surface area contributed by atoms with Gasteiger partial charge in [-0.15, -0.1) is 0 Å². The molecule has 0 heterocycles. The first-order valence-corrected chi connectivity index (χ1v) is 6.16. The summed E-state index contributed by atoms with van der Waals surface area (Å²) in [4.78, 5) is 10.9. The second-order valence-electron chi connectivity index (χ2n) is 4.38. The summed E-state index contributed by atoms with van der Waals surface area (Å²) in [6.45, 7) is 1.94. The van der Waals surface area contributed by atoms with Gasteiger partial charge in [0, 0.05) is 26.0 Å². The Labute approximate surface area is 113 Å². The molecule has 1 aromatic carbocycles. The topological polar surface area (TPSA) is 67.8 Å². The lowest BCUT2D eigenvalue weighted by molar-refractivity contribution is -0.119. The molecule has 1 rings (SSSR count). The summed E-state index contributed by atoms with van der Waals surface area (Å²) >= 11 is 0. The smallest absolute Gasteiger partial charge is 0.216 e. The van der Waals surface area contributed by atoms with Crippen molar-refractivity contribution in [3.8, 4) is 11.5 Å². The molecule has 5 heteroatoms. The van der Waals surface area contributed by atoms with Gasteiger partial charge in [0.25, 0.3) is 0 Å². The van der Waals surface area contributed by atoms with Crippen LogP contribution in [0.4, 0.5) is 0 Å². The minimum atomic E-state index is -0.0919. The maximum atomic E-state index is 10.9. The number of aliphatic hydroxyl groups is 1. The SMILES string of the molecule is COc1ccc(CC(CO)CNC(C)=O)cc1OC. The number of aliphatic hydroxyl groups excluding tert-OH is 1. The molecule has 0 saturated heterocycles. The van der Waals surface area contributed by atoms with Gasteiger partial charge in [0.15, 0.2) is 11.5 Å². The molecule has 1 aromatic rings. The zero-order valence-corrected chi connectivity index (χ0v) is 11.6. The Kier molecular flexibility index (Phi) is 6.15. The largest absolute Gasteiger partial charge is 0.493 e. The van der Waals surface area contributed by atoms with E-state index in [1.165, 1.54) is 6.92 Å². The number of rotatable bonds is 7. The molecule has 2 N–H and O–H groups in total. The highest BCUT2D eigenvalue weighted by molar-refractivity contribution is 5.72. The normalized spacial score (nSPS) is 11.8. The van der Waals surface area contributed by atoms with Gasteiger partial charge < -0.3 is 19.9 Å². The lowest BCUT2D eigenvalue weighted by Gasteiger charge is -2.16. The quantitative estimate of drug-likeness (QED) is 0.773. The second kappa shape index (κ2) is 7.63. The van der Waals surface area contributed by atoms with E-state index in [1.807, 2.05) is 18.2 Å². The number of hydrogen-bond donors (Lipinski definition) is 2. The molecule has 1 atom stereocenters. The van der Waals surface area contributed by atoms with Gasteiger partial charge in [0.2, 0.25) is 5.91 Å². The van der Waals surface area contributed by atoms with Crippen LogP contribution in [-0.2, 0) is 11.2 Å². The number of methoxy groups -OCH3 is 2. The van der Waals surface area contributed by atoms with Crippen molar-refractivity contribution in [3.05, 3.63) is 23.8 Å². The molecule has 0 saturated carbocycles. The van der Waals surface area contributed by atoms with Crippen molar-refractivity contribution in [3.63, 3.8) is 0 Å². The Morgan fingerprint density at radius 3 is 2.53 bits per heavy atom. The van der Waals surface area contributed by atoms with Crippen molar-refractivity contribution in [2.45, 2.75) is 13.3 Å². The Balaban J connectivity index is 2.71. The van der Waals surface area contributed by atoms with E-state index in [2.05, 4.69) is 5.32 Å². The maximum Gasteiger partial charge on any atom is 0.216 e. The van der Waals surface area contributed by atoms with Crippen LogP contribution < -0.4 is 14.8 Å². The van der Waals surface area contributed by atoms with Crippen molar-refractivity contribution in [2.24, 2.45) is 5.92 Å². The third-order valence-corrected chi connectivity index (χ3v) is 2.87.